The van der Waals surface area contributed by atoms with Crippen LogP contribution in [0.4, 0.5) is 5.13 Å². The normalized spacial score (nSPS) is 29.5. The van der Waals surface area contributed by atoms with Crippen LogP contribution in [0.15, 0.2) is 0 Å². The van der Waals surface area contributed by atoms with Gasteiger partial charge in [0.05, 0.1) is 11.7 Å². The summed E-state index contributed by atoms with van der Waals surface area (Å²) >= 11 is 1.96. The van der Waals surface area contributed by atoms with Gasteiger partial charge in [-0.25, -0.2) is 4.98 Å². The highest BCUT2D eigenvalue weighted by Crippen LogP contribution is 2.37. The third kappa shape index (κ3) is 2.60. The lowest BCUT2D eigenvalue weighted by Crippen LogP contribution is -2.50. The van der Waals surface area contributed by atoms with Crippen LogP contribution in [-0.2, 0) is 6.42 Å². The van der Waals surface area contributed by atoms with Crippen molar-refractivity contribution in [3.8, 4) is 0 Å². The van der Waals surface area contributed by atoms with Crippen molar-refractivity contribution in [2.45, 2.75) is 51.1 Å². The molecule has 2 unspecified atom stereocenters. The molecule has 2 fully saturated rings. The molecule has 0 amide bonds. The summed E-state index contributed by atoms with van der Waals surface area (Å²) in [4.78, 5) is 11.8. The maximum Gasteiger partial charge on any atom is 0.185 e. The summed E-state index contributed by atoms with van der Waals surface area (Å²) in [5.74, 6) is 0. The number of anilines is 1. The van der Waals surface area contributed by atoms with Gasteiger partial charge in [-0.05, 0) is 45.2 Å². The summed E-state index contributed by atoms with van der Waals surface area (Å²) < 4.78 is 0. The molecule has 21 heavy (non-hydrogen) atoms. The molecule has 3 heterocycles. The number of thiazole rings is 1. The Morgan fingerprint density at radius 3 is 3.10 bits per heavy atom. The lowest BCUT2D eigenvalue weighted by atomic mass is 9.98. The fraction of sp³-hybridized carbons (Fsp3) is 0.812. The molecule has 2 saturated heterocycles. The minimum Gasteiger partial charge on any atom is -0.345 e. The monoisotopic (exact) mass is 306 g/mol. The molecule has 116 valence electrons. The number of nitrogens with zero attached hydrogens (tertiary/aromatic N) is 3. The highest BCUT2D eigenvalue weighted by molar-refractivity contribution is 7.15. The van der Waals surface area contributed by atoms with Crippen molar-refractivity contribution in [1.29, 1.82) is 0 Å². The van der Waals surface area contributed by atoms with Gasteiger partial charge in [0.1, 0.15) is 0 Å². The predicted octanol–water partition coefficient (Wildman–Crippen LogP) is 2.41. The zero-order valence-electron chi connectivity index (χ0n) is 13.0. The first-order valence-corrected chi connectivity index (χ1v) is 9.38. The highest BCUT2D eigenvalue weighted by Gasteiger charge is 2.33. The second kappa shape index (κ2) is 5.86. The van der Waals surface area contributed by atoms with Crippen molar-refractivity contribution >= 4 is 16.5 Å². The van der Waals surface area contributed by atoms with Gasteiger partial charge >= 0.3 is 0 Å². The minimum atomic E-state index is 0.497. The van der Waals surface area contributed by atoms with Crippen LogP contribution >= 0.6 is 11.3 Å². The van der Waals surface area contributed by atoms with Gasteiger partial charge in [-0.2, -0.15) is 0 Å². The summed E-state index contributed by atoms with van der Waals surface area (Å²) in [5.41, 5.74) is 1.36. The van der Waals surface area contributed by atoms with E-state index in [1.807, 2.05) is 11.3 Å². The van der Waals surface area contributed by atoms with Gasteiger partial charge in [-0.15, -0.1) is 11.3 Å². The third-order valence-electron chi connectivity index (χ3n) is 5.25. The van der Waals surface area contributed by atoms with Gasteiger partial charge in [0.15, 0.2) is 5.13 Å². The van der Waals surface area contributed by atoms with Crippen LogP contribution in [0.25, 0.3) is 0 Å². The Hall–Kier alpha value is -0.650. The molecule has 5 heteroatoms. The summed E-state index contributed by atoms with van der Waals surface area (Å²) in [7, 11) is 0. The van der Waals surface area contributed by atoms with E-state index in [0.29, 0.717) is 6.04 Å². The van der Waals surface area contributed by atoms with E-state index in [9.17, 15) is 0 Å². The van der Waals surface area contributed by atoms with Gasteiger partial charge in [-0.1, -0.05) is 6.92 Å². The Bertz CT molecular complexity index is 500. The standard InChI is InChI=1S/C16H26N4S/c1-2-17-13-6-3-7-14-15(13)18-16(21-14)20-10-9-19-8-4-5-12(19)11-20/h12-13,17H,2-11H2,1H3. The highest BCUT2D eigenvalue weighted by atomic mass is 32.1. The molecule has 1 aromatic rings. The summed E-state index contributed by atoms with van der Waals surface area (Å²) in [6.07, 6.45) is 6.55. The number of piperazine rings is 1. The lowest BCUT2D eigenvalue weighted by Gasteiger charge is -2.37. The average molecular weight is 306 g/mol. The molecule has 3 aliphatic rings. The first-order chi connectivity index (χ1) is 10.3. The van der Waals surface area contributed by atoms with Gasteiger partial charge < -0.3 is 10.2 Å². The summed E-state index contributed by atoms with van der Waals surface area (Å²) in [5, 5.41) is 4.90. The quantitative estimate of drug-likeness (QED) is 0.929. The number of fused-ring (bicyclic) bond motifs is 2. The van der Waals surface area contributed by atoms with E-state index in [-0.39, 0.29) is 0 Å². The Labute approximate surface area is 131 Å². The molecule has 4 rings (SSSR count). The van der Waals surface area contributed by atoms with E-state index >= 15 is 0 Å². The minimum absolute atomic E-state index is 0.497. The SMILES string of the molecule is CCNC1CCCc2sc(N3CCN4CCCC4C3)nc21. The van der Waals surface area contributed by atoms with Crippen LogP contribution in [0.3, 0.4) is 0 Å². The van der Waals surface area contributed by atoms with Gasteiger partial charge in [-0.3, -0.25) is 4.90 Å². The average Bonchev–Trinajstić information content (AvgIpc) is 3.13. The molecule has 0 spiro atoms. The molecule has 1 aliphatic carbocycles. The molecular formula is C16H26N4S. The van der Waals surface area contributed by atoms with Gasteiger partial charge in [0.25, 0.3) is 0 Å². The number of hydrogen-bond acceptors (Lipinski definition) is 5. The Kier molecular flexibility index (Phi) is 3.90. The Balaban J connectivity index is 1.53. The molecule has 1 aromatic heterocycles. The molecular weight excluding hydrogens is 280 g/mol. The predicted molar refractivity (Wildman–Crippen MR) is 88.3 cm³/mol. The Morgan fingerprint density at radius 1 is 1.24 bits per heavy atom. The maximum absolute atomic E-state index is 5.05. The largest absolute Gasteiger partial charge is 0.345 e. The van der Waals surface area contributed by atoms with E-state index in [1.165, 1.54) is 67.4 Å². The van der Waals surface area contributed by atoms with E-state index < -0.39 is 0 Å². The first kappa shape index (κ1) is 14.0. The molecule has 1 N–H and O–H groups in total. The topological polar surface area (TPSA) is 31.4 Å². The number of hydrogen-bond donors (Lipinski definition) is 1. The fourth-order valence-electron chi connectivity index (χ4n) is 4.15. The second-order valence-corrected chi connectivity index (χ2v) is 7.65. The van der Waals surface area contributed by atoms with Crippen molar-refractivity contribution in [1.82, 2.24) is 15.2 Å². The lowest BCUT2D eigenvalue weighted by molar-refractivity contribution is 0.231. The second-order valence-electron chi connectivity index (χ2n) is 6.59. The van der Waals surface area contributed by atoms with Crippen molar-refractivity contribution in [3.05, 3.63) is 10.6 Å². The number of aromatic nitrogens is 1. The molecule has 2 atom stereocenters. The summed E-state index contributed by atoms with van der Waals surface area (Å²) in [6.45, 7) is 8.13. The van der Waals surface area contributed by atoms with Crippen LogP contribution < -0.4 is 10.2 Å². The fourth-order valence-corrected chi connectivity index (χ4v) is 5.35. The summed E-state index contributed by atoms with van der Waals surface area (Å²) in [6, 6.07) is 1.28. The number of rotatable bonds is 3. The van der Waals surface area contributed by atoms with Gasteiger partial charge in [0, 0.05) is 30.6 Å². The third-order valence-corrected chi connectivity index (χ3v) is 6.44. The van der Waals surface area contributed by atoms with Crippen LogP contribution in [-0.4, -0.2) is 48.6 Å². The van der Waals surface area contributed by atoms with E-state index in [1.54, 1.807) is 0 Å². The molecule has 0 saturated carbocycles. The van der Waals surface area contributed by atoms with E-state index in [4.69, 9.17) is 4.98 Å². The van der Waals surface area contributed by atoms with Crippen molar-refractivity contribution in [3.63, 3.8) is 0 Å². The van der Waals surface area contributed by atoms with E-state index in [2.05, 4.69) is 22.0 Å². The van der Waals surface area contributed by atoms with Gasteiger partial charge in [0.2, 0.25) is 0 Å². The first-order valence-electron chi connectivity index (χ1n) is 8.57. The molecule has 0 radical (unpaired) electrons. The maximum atomic E-state index is 5.05. The zero-order valence-corrected chi connectivity index (χ0v) is 13.8. The van der Waals surface area contributed by atoms with E-state index in [0.717, 1.165) is 19.1 Å². The van der Waals surface area contributed by atoms with Crippen molar-refractivity contribution < 1.29 is 0 Å². The number of aryl methyl sites for hydroxylation is 1. The molecule has 0 aromatic carbocycles. The van der Waals surface area contributed by atoms with Crippen molar-refractivity contribution in [2.24, 2.45) is 0 Å². The van der Waals surface area contributed by atoms with Crippen LogP contribution in [0.5, 0.6) is 0 Å². The van der Waals surface area contributed by atoms with Crippen molar-refractivity contribution in [2.75, 3.05) is 37.6 Å². The Morgan fingerprint density at radius 2 is 2.19 bits per heavy atom. The van der Waals surface area contributed by atoms with Crippen LogP contribution in [0.2, 0.25) is 0 Å². The number of nitrogens with one attached hydrogen (secondary N) is 1. The van der Waals surface area contributed by atoms with Crippen LogP contribution in [0, 0.1) is 0 Å². The molecule has 2 aliphatic heterocycles. The molecule has 0 bridgehead atoms. The smallest absolute Gasteiger partial charge is 0.185 e. The zero-order chi connectivity index (χ0) is 14.2. The molecule has 4 nitrogen and oxygen atoms in total. The van der Waals surface area contributed by atoms with Crippen LogP contribution in [0.1, 0.15) is 49.2 Å².